The van der Waals surface area contributed by atoms with Crippen molar-refractivity contribution in [2.75, 3.05) is 19.7 Å². The van der Waals surface area contributed by atoms with E-state index in [0.29, 0.717) is 24.2 Å². The highest BCUT2D eigenvalue weighted by atomic mass is 16.3. The zero-order valence-electron chi connectivity index (χ0n) is 15.5. The first-order valence-corrected chi connectivity index (χ1v) is 9.44. The Hall–Kier alpha value is -2.74. The third kappa shape index (κ3) is 3.32. The second-order valence-corrected chi connectivity index (χ2v) is 6.92. The molecule has 142 valence electrons. The van der Waals surface area contributed by atoms with Gasteiger partial charge in [-0.1, -0.05) is 0 Å². The number of imidazole rings is 1. The van der Waals surface area contributed by atoms with Crippen LogP contribution in [0.5, 0.6) is 0 Å². The molecule has 1 amide bonds. The number of amides is 1. The summed E-state index contributed by atoms with van der Waals surface area (Å²) >= 11 is 0. The molecule has 3 aromatic rings. The molecule has 1 aliphatic heterocycles. The van der Waals surface area contributed by atoms with Crippen molar-refractivity contribution >= 4 is 11.6 Å². The average Bonchev–Trinajstić information content (AvgIpc) is 3.34. The van der Waals surface area contributed by atoms with Crippen molar-refractivity contribution in [1.82, 2.24) is 29.0 Å². The van der Waals surface area contributed by atoms with Crippen LogP contribution in [0.3, 0.4) is 0 Å². The number of nitrogens with zero attached hydrogens (tertiary/aromatic N) is 6. The standard InChI is InChI=1S/C19H24N6O2/c1-2-23-8-6-20-17(23)15-4-3-7-24(13-15)19(27)16-11-22-25-12-14(5-9-26)10-21-18(16)25/h6,8,10-12,15,26H,2-5,7,9,13H2,1H3. The van der Waals surface area contributed by atoms with Crippen molar-refractivity contribution in [1.29, 1.82) is 0 Å². The summed E-state index contributed by atoms with van der Waals surface area (Å²) in [4.78, 5) is 23.9. The number of carbonyl (C=O) groups is 1. The monoisotopic (exact) mass is 368 g/mol. The zero-order chi connectivity index (χ0) is 18.8. The second kappa shape index (κ2) is 7.48. The Labute approximate surface area is 157 Å². The lowest BCUT2D eigenvalue weighted by Gasteiger charge is -2.32. The minimum Gasteiger partial charge on any atom is -0.396 e. The first-order chi connectivity index (χ1) is 13.2. The Kier molecular flexibility index (Phi) is 4.89. The Morgan fingerprint density at radius 1 is 1.33 bits per heavy atom. The Morgan fingerprint density at radius 3 is 3.04 bits per heavy atom. The van der Waals surface area contributed by atoms with E-state index in [4.69, 9.17) is 5.11 Å². The number of hydrogen-bond donors (Lipinski definition) is 1. The van der Waals surface area contributed by atoms with Crippen molar-refractivity contribution in [2.45, 2.75) is 38.6 Å². The van der Waals surface area contributed by atoms with Crippen LogP contribution in [-0.2, 0) is 13.0 Å². The molecule has 8 heteroatoms. The molecule has 8 nitrogen and oxygen atoms in total. The smallest absolute Gasteiger partial charge is 0.259 e. The van der Waals surface area contributed by atoms with E-state index in [2.05, 4.69) is 26.6 Å². The summed E-state index contributed by atoms with van der Waals surface area (Å²) < 4.78 is 3.77. The molecule has 1 saturated heterocycles. The van der Waals surface area contributed by atoms with Gasteiger partial charge in [-0.2, -0.15) is 5.10 Å². The lowest BCUT2D eigenvalue weighted by molar-refractivity contribution is 0.0705. The molecule has 1 aliphatic rings. The van der Waals surface area contributed by atoms with E-state index in [9.17, 15) is 4.79 Å². The summed E-state index contributed by atoms with van der Waals surface area (Å²) in [5.41, 5.74) is 1.96. The maximum atomic E-state index is 13.1. The van der Waals surface area contributed by atoms with Gasteiger partial charge in [0.1, 0.15) is 11.4 Å². The van der Waals surface area contributed by atoms with Crippen molar-refractivity contribution in [3.05, 3.63) is 47.9 Å². The van der Waals surface area contributed by atoms with E-state index in [1.807, 2.05) is 23.5 Å². The minimum absolute atomic E-state index is 0.0355. The normalized spacial score (nSPS) is 17.6. The van der Waals surface area contributed by atoms with Crippen LogP contribution in [-0.4, -0.2) is 59.8 Å². The van der Waals surface area contributed by atoms with Crippen LogP contribution in [0.25, 0.3) is 5.65 Å². The first-order valence-electron chi connectivity index (χ1n) is 9.44. The number of aryl methyl sites for hydroxylation is 1. The van der Waals surface area contributed by atoms with Crippen LogP contribution >= 0.6 is 0 Å². The van der Waals surface area contributed by atoms with Gasteiger partial charge in [0.15, 0.2) is 5.65 Å². The average molecular weight is 368 g/mol. The van der Waals surface area contributed by atoms with Crippen molar-refractivity contribution < 1.29 is 9.90 Å². The van der Waals surface area contributed by atoms with E-state index in [0.717, 1.165) is 37.3 Å². The molecule has 1 fully saturated rings. The fourth-order valence-corrected chi connectivity index (χ4v) is 3.81. The van der Waals surface area contributed by atoms with Crippen LogP contribution in [0.15, 0.2) is 31.0 Å². The summed E-state index contributed by atoms with van der Waals surface area (Å²) in [7, 11) is 0. The predicted octanol–water partition coefficient (Wildman–Crippen LogP) is 1.50. The Morgan fingerprint density at radius 2 is 2.22 bits per heavy atom. The van der Waals surface area contributed by atoms with Gasteiger partial charge in [-0.25, -0.2) is 14.5 Å². The zero-order valence-corrected chi connectivity index (χ0v) is 15.5. The van der Waals surface area contributed by atoms with E-state index < -0.39 is 0 Å². The fourth-order valence-electron chi connectivity index (χ4n) is 3.81. The summed E-state index contributed by atoms with van der Waals surface area (Å²) in [5, 5.41) is 13.4. The SMILES string of the molecule is CCn1ccnc1C1CCCN(C(=O)c2cnn3cc(CCO)cnc23)C1. The summed E-state index contributed by atoms with van der Waals surface area (Å²) in [5.74, 6) is 1.27. The molecule has 0 radical (unpaired) electrons. The minimum atomic E-state index is -0.0355. The summed E-state index contributed by atoms with van der Waals surface area (Å²) in [6.45, 7) is 4.45. The Balaban J connectivity index is 1.56. The molecule has 1 N–H and O–H groups in total. The van der Waals surface area contributed by atoms with Gasteiger partial charge in [-0.15, -0.1) is 0 Å². The lowest BCUT2D eigenvalue weighted by Crippen LogP contribution is -2.39. The second-order valence-electron chi connectivity index (χ2n) is 6.92. The number of piperidine rings is 1. The van der Waals surface area contributed by atoms with Crippen LogP contribution < -0.4 is 0 Å². The van der Waals surface area contributed by atoms with Gasteiger partial charge in [0.05, 0.1) is 6.20 Å². The molecular weight excluding hydrogens is 344 g/mol. The van der Waals surface area contributed by atoms with Crippen LogP contribution in [0.4, 0.5) is 0 Å². The topological polar surface area (TPSA) is 88.6 Å². The maximum Gasteiger partial charge on any atom is 0.259 e. The van der Waals surface area contributed by atoms with E-state index in [1.54, 1.807) is 16.9 Å². The quantitative estimate of drug-likeness (QED) is 0.737. The molecule has 4 heterocycles. The van der Waals surface area contributed by atoms with Gasteiger partial charge in [0.25, 0.3) is 5.91 Å². The molecule has 0 bridgehead atoms. The molecule has 4 rings (SSSR count). The van der Waals surface area contributed by atoms with E-state index in [-0.39, 0.29) is 18.4 Å². The third-order valence-electron chi connectivity index (χ3n) is 5.20. The molecule has 3 aromatic heterocycles. The number of rotatable bonds is 5. The molecular formula is C19H24N6O2. The lowest BCUT2D eigenvalue weighted by atomic mass is 9.96. The Bertz CT molecular complexity index is 947. The predicted molar refractivity (Wildman–Crippen MR) is 99.6 cm³/mol. The molecule has 0 aromatic carbocycles. The largest absolute Gasteiger partial charge is 0.396 e. The van der Waals surface area contributed by atoms with Crippen molar-refractivity contribution in [3.8, 4) is 0 Å². The molecule has 0 aliphatic carbocycles. The summed E-state index contributed by atoms with van der Waals surface area (Å²) in [6.07, 6.45) is 11.4. The molecule has 0 saturated carbocycles. The van der Waals surface area contributed by atoms with Crippen LogP contribution in [0, 0.1) is 0 Å². The van der Waals surface area contributed by atoms with Gasteiger partial charge >= 0.3 is 0 Å². The van der Waals surface area contributed by atoms with E-state index in [1.165, 1.54) is 0 Å². The van der Waals surface area contributed by atoms with Gasteiger partial charge in [-0.05, 0) is 31.7 Å². The van der Waals surface area contributed by atoms with Gasteiger partial charge in [0, 0.05) is 56.9 Å². The van der Waals surface area contributed by atoms with Crippen LogP contribution in [0.1, 0.15) is 47.4 Å². The molecule has 1 atom stereocenters. The molecule has 1 unspecified atom stereocenters. The van der Waals surface area contributed by atoms with Crippen molar-refractivity contribution in [3.63, 3.8) is 0 Å². The number of hydrogen-bond acceptors (Lipinski definition) is 5. The van der Waals surface area contributed by atoms with Gasteiger partial charge < -0.3 is 14.6 Å². The highest BCUT2D eigenvalue weighted by molar-refractivity contribution is 5.99. The maximum absolute atomic E-state index is 13.1. The summed E-state index contributed by atoms with van der Waals surface area (Å²) in [6, 6.07) is 0. The number of aliphatic hydroxyl groups excluding tert-OH is 1. The molecule has 0 spiro atoms. The van der Waals surface area contributed by atoms with Crippen LogP contribution in [0.2, 0.25) is 0 Å². The number of likely N-dealkylation sites (tertiary alicyclic amines) is 1. The highest BCUT2D eigenvalue weighted by Crippen LogP contribution is 2.27. The number of fused-ring (bicyclic) bond motifs is 1. The number of aromatic nitrogens is 5. The highest BCUT2D eigenvalue weighted by Gasteiger charge is 2.29. The fraction of sp³-hybridized carbons (Fsp3) is 0.474. The number of aliphatic hydroxyl groups is 1. The first kappa shape index (κ1) is 17.7. The third-order valence-corrected chi connectivity index (χ3v) is 5.20. The van der Waals surface area contributed by atoms with Crippen molar-refractivity contribution in [2.24, 2.45) is 0 Å². The number of carbonyl (C=O) groups excluding carboxylic acids is 1. The van der Waals surface area contributed by atoms with Gasteiger partial charge in [0.2, 0.25) is 0 Å². The van der Waals surface area contributed by atoms with Gasteiger partial charge in [-0.3, -0.25) is 4.79 Å². The van der Waals surface area contributed by atoms with E-state index >= 15 is 0 Å². The molecule has 27 heavy (non-hydrogen) atoms.